The van der Waals surface area contributed by atoms with Crippen molar-refractivity contribution in [3.8, 4) is 11.1 Å². The molecule has 0 heteroatoms. The highest BCUT2D eigenvalue weighted by atomic mass is 14.3. The molecule has 32 heavy (non-hydrogen) atoms. The second-order valence-corrected chi connectivity index (χ2v) is 10.6. The van der Waals surface area contributed by atoms with Crippen LogP contribution in [0.25, 0.3) is 11.1 Å². The summed E-state index contributed by atoms with van der Waals surface area (Å²) < 4.78 is 0. The van der Waals surface area contributed by atoms with E-state index in [1.54, 1.807) is 0 Å². The second kappa shape index (κ2) is 11.9. The van der Waals surface area contributed by atoms with Gasteiger partial charge in [-0.3, -0.25) is 0 Å². The summed E-state index contributed by atoms with van der Waals surface area (Å²) in [7, 11) is 0. The first-order chi connectivity index (χ1) is 15.8. The standard InChI is InChI=1S/C32H44/c1-3-5-6-8-26-11-15-28(16-12-26)30-19-23-32(24-20-30)31-21-17-29(18-22-31)27-13-9-25(7-4-2)10-14-27/h11-12,15-17,19-21,23-25,27,29,31H,3-10,13-14,18,22H2,1-2H3. The van der Waals surface area contributed by atoms with Crippen LogP contribution in [0.15, 0.2) is 60.7 Å². The highest BCUT2D eigenvalue weighted by Gasteiger charge is 2.28. The molecule has 2 aliphatic carbocycles. The van der Waals surface area contributed by atoms with Crippen molar-refractivity contribution < 1.29 is 0 Å². The van der Waals surface area contributed by atoms with Crippen LogP contribution in [0.3, 0.4) is 0 Å². The summed E-state index contributed by atoms with van der Waals surface area (Å²) in [5, 5.41) is 0. The molecule has 0 amide bonds. The van der Waals surface area contributed by atoms with E-state index < -0.39 is 0 Å². The van der Waals surface area contributed by atoms with Gasteiger partial charge in [-0.05, 0) is 78.5 Å². The second-order valence-electron chi connectivity index (χ2n) is 10.6. The fraction of sp³-hybridized carbons (Fsp3) is 0.562. The zero-order chi connectivity index (χ0) is 22.2. The number of benzene rings is 2. The van der Waals surface area contributed by atoms with Gasteiger partial charge in [-0.1, -0.05) is 113 Å². The molecule has 0 aromatic heterocycles. The minimum Gasteiger partial charge on any atom is -0.0845 e. The fourth-order valence-electron chi connectivity index (χ4n) is 6.19. The maximum absolute atomic E-state index is 2.59. The van der Waals surface area contributed by atoms with Crippen LogP contribution in [0.1, 0.15) is 102 Å². The molecule has 0 aliphatic heterocycles. The molecule has 4 rings (SSSR count). The number of allylic oxidation sites excluding steroid dienone is 2. The molecule has 2 atom stereocenters. The Labute approximate surface area is 197 Å². The SMILES string of the molecule is CCCCCc1ccc(-c2ccc(C3C=CC(C4CCC(CCC)CC4)CC3)cc2)cc1. The number of hydrogen-bond acceptors (Lipinski definition) is 0. The number of hydrogen-bond donors (Lipinski definition) is 0. The summed E-state index contributed by atoms with van der Waals surface area (Å²) in [6.45, 7) is 4.61. The zero-order valence-electron chi connectivity index (χ0n) is 20.6. The Morgan fingerprint density at radius 1 is 0.656 bits per heavy atom. The lowest BCUT2D eigenvalue weighted by Crippen LogP contribution is -2.22. The van der Waals surface area contributed by atoms with E-state index in [1.165, 1.54) is 99.3 Å². The molecule has 0 heterocycles. The van der Waals surface area contributed by atoms with Gasteiger partial charge >= 0.3 is 0 Å². The van der Waals surface area contributed by atoms with Crippen molar-refractivity contribution in [3.05, 3.63) is 71.8 Å². The minimum absolute atomic E-state index is 0.609. The van der Waals surface area contributed by atoms with Crippen LogP contribution in [-0.4, -0.2) is 0 Å². The summed E-state index contributed by atoms with van der Waals surface area (Å²) in [4.78, 5) is 0. The van der Waals surface area contributed by atoms with Gasteiger partial charge in [0, 0.05) is 5.92 Å². The molecule has 2 unspecified atom stereocenters. The van der Waals surface area contributed by atoms with E-state index in [2.05, 4.69) is 74.5 Å². The molecule has 0 nitrogen and oxygen atoms in total. The van der Waals surface area contributed by atoms with E-state index in [9.17, 15) is 0 Å². The smallest absolute Gasteiger partial charge is 0.00182 e. The van der Waals surface area contributed by atoms with Crippen LogP contribution < -0.4 is 0 Å². The van der Waals surface area contributed by atoms with Gasteiger partial charge in [-0.2, -0.15) is 0 Å². The Kier molecular flexibility index (Phi) is 8.66. The Balaban J connectivity index is 1.30. The van der Waals surface area contributed by atoms with Crippen LogP contribution >= 0.6 is 0 Å². The van der Waals surface area contributed by atoms with Crippen molar-refractivity contribution in [2.45, 2.75) is 96.8 Å². The van der Waals surface area contributed by atoms with Crippen molar-refractivity contribution in [3.63, 3.8) is 0 Å². The first-order valence-corrected chi connectivity index (χ1v) is 13.6. The molecule has 0 saturated heterocycles. The molecule has 2 aliphatic rings. The van der Waals surface area contributed by atoms with Gasteiger partial charge in [0.25, 0.3) is 0 Å². The van der Waals surface area contributed by atoms with Crippen LogP contribution in [0.4, 0.5) is 0 Å². The predicted octanol–water partition coefficient (Wildman–Crippen LogP) is 9.74. The van der Waals surface area contributed by atoms with E-state index in [4.69, 9.17) is 0 Å². The van der Waals surface area contributed by atoms with Crippen molar-refractivity contribution in [1.29, 1.82) is 0 Å². The average molecular weight is 429 g/mol. The molecule has 2 aromatic rings. The summed E-state index contributed by atoms with van der Waals surface area (Å²) >= 11 is 0. The normalized spacial score (nSPS) is 25.7. The van der Waals surface area contributed by atoms with Crippen LogP contribution in [0.2, 0.25) is 0 Å². The maximum atomic E-state index is 2.59. The highest BCUT2D eigenvalue weighted by Crippen LogP contribution is 2.41. The Morgan fingerprint density at radius 2 is 1.34 bits per heavy atom. The van der Waals surface area contributed by atoms with Gasteiger partial charge < -0.3 is 0 Å². The molecule has 0 radical (unpaired) electrons. The van der Waals surface area contributed by atoms with Gasteiger partial charge in [0.15, 0.2) is 0 Å². The molecule has 1 fully saturated rings. The zero-order valence-corrected chi connectivity index (χ0v) is 20.6. The first-order valence-electron chi connectivity index (χ1n) is 13.6. The molecular weight excluding hydrogens is 384 g/mol. The minimum atomic E-state index is 0.609. The summed E-state index contributed by atoms with van der Waals surface area (Å²) in [6, 6.07) is 18.6. The summed E-state index contributed by atoms with van der Waals surface area (Å²) in [6.07, 6.45) is 21.7. The van der Waals surface area contributed by atoms with Gasteiger partial charge in [0.05, 0.1) is 0 Å². The van der Waals surface area contributed by atoms with Crippen molar-refractivity contribution in [1.82, 2.24) is 0 Å². The lowest BCUT2D eigenvalue weighted by Gasteiger charge is -2.35. The summed E-state index contributed by atoms with van der Waals surface area (Å²) in [5.41, 5.74) is 5.65. The van der Waals surface area contributed by atoms with E-state index >= 15 is 0 Å². The molecule has 172 valence electrons. The van der Waals surface area contributed by atoms with Crippen LogP contribution in [0.5, 0.6) is 0 Å². The maximum Gasteiger partial charge on any atom is 0.00182 e. The number of unbranched alkanes of at least 4 members (excludes halogenated alkanes) is 2. The van der Waals surface area contributed by atoms with Crippen LogP contribution in [0, 0.1) is 17.8 Å². The van der Waals surface area contributed by atoms with Crippen molar-refractivity contribution in [2.24, 2.45) is 17.8 Å². The third-order valence-corrected chi connectivity index (χ3v) is 8.29. The highest BCUT2D eigenvalue weighted by molar-refractivity contribution is 5.64. The quantitative estimate of drug-likeness (QED) is 0.275. The Hall–Kier alpha value is -1.82. The molecule has 2 aromatic carbocycles. The molecule has 0 bridgehead atoms. The average Bonchev–Trinajstić information content (AvgIpc) is 2.86. The van der Waals surface area contributed by atoms with Gasteiger partial charge in [0.1, 0.15) is 0 Å². The predicted molar refractivity (Wildman–Crippen MR) is 140 cm³/mol. The van der Waals surface area contributed by atoms with Gasteiger partial charge in [-0.25, -0.2) is 0 Å². The van der Waals surface area contributed by atoms with E-state index in [0.29, 0.717) is 5.92 Å². The van der Waals surface area contributed by atoms with E-state index in [0.717, 1.165) is 17.8 Å². The molecule has 0 N–H and O–H groups in total. The third-order valence-electron chi connectivity index (χ3n) is 8.29. The van der Waals surface area contributed by atoms with Gasteiger partial charge in [0.2, 0.25) is 0 Å². The van der Waals surface area contributed by atoms with Crippen LogP contribution in [-0.2, 0) is 6.42 Å². The van der Waals surface area contributed by atoms with Crippen molar-refractivity contribution >= 4 is 0 Å². The van der Waals surface area contributed by atoms with Crippen molar-refractivity contribution in [2.75, 3.05) is 0 Å². The molecule has 1 saturated carbocycles. The summed E-state index contributed by atoms with van der Waals surface area (Å²) in [5.74, 6) is 3.42. The number of rotatable bonds is 9. The number of aryl methyl sites for hydroxylation is 1. The third kappa shape index (κ3) is 6.15. The topological polar surface area (TPSA) is 0 Å². The monoisotopic (exact) mass is 428 g/mol. The Bertz CT molecular complexity index is 817. The Morgan fingerprint density at radius 3 is 1.94 bits per heavy atom. The lowest BCUT2D eigenvalue weighted by molar-refractivity contribution is 0.209. The molecular formula is C32H44. The fourth-order valence-corrected chi connectivity index (χ4v) is 6.19. The van der Waals surface area contributed by atoms with Gasteiger partial charge in [-0.15, -0.1) is 0 Å². The molecule has 0 spiro atoms. The van der Waals surface area contributed by atoms with E-state index in [1.807, 2.05) is 0 Å². The lowest BCUT2D eigenvalue weighted by atomic mass is 9.70. The largest absolute Gasteiger partial charge is 0.0845 e. The van der Waals surface area contributed by atoms with E-state index in [-0.39, 0.29) is 0 Å². The first kappa shape index (κ1) is 23.3.